The predicted octanol–water partition coefficient (Wildman–Crippen LogP) is 5.58. The summed E-state index contributed by atoms with van der Waals surface area (Å²) in [5.74, 6) is 2.28. The minimum absolute atomic E-state index is 0.682. The lowest BCUT2D eigenvalue weighted by atomic mass is 9.97. The van der Waals surface area contributed by atoms with Gasteiger partial charge in [0.25, 0.3) is 0 Å². The first-order valence-corrected chi connectivity index (χ1v) is 10.5. The van der Waals surface area contributed by atoms with E-state index in [4.69, 9.17) is 19.2 Å². The number of anilines is 1. The van der Waals surface area contributed by atoms with Crippen molar-refractivity contribution in [3.05, 3.63) is 78.1 Å². The Hall–Kier alpha value is -3.73. The summed E-state index contributed by atoms with van der Waals surface area (Å²) in [7, 11) is 9.10. The summed E-state index contributed by atoms with van der Waals surface area (Å²) in [6.45, 7) is 0. The molecule has 0 unspecified atom stereocenters. The second-order valence-corrected chi connectivity index (χ2v) is 7.84. The number of pyridine rings is 1. The highest BCUT2D eigenvalue weighted by Gasteiger charge is 2.13. The van der Waals surface area contributed by atoms with E-state index in [2.05, 4.69) is 41.3 Å². The Morgan fingerprint density at radius 1 is 0.781 bits per heavy atom. The van der Waals surface area contributed by atoms with Gasteiger partial charge in [0.2, 0.25) is 0 Å². The molecule has 3 aromatic carbocycles. The highest BCUT2D eigenvalue weighted by molar-refractivity contribution is 5.92. The zero-order chi connectivity index (χ0) is 22.7. The number of ether oxygens (including phenoxy) is 3. The van der Waals surface area contributed by atoms with E-state index < -0.39 is 0 Å². The van der Waals surface area contributed by atoms with Crippen LogP contribution < -0.4 is 19.1 Å². The minimum Gasteiger partial charge on any atom is -0.496 e. The van der Waals surface area contributed by atoms with Crippen molar-refractivity contribution >= 4 is 16.5 Å². The van der Waals surface area contributed by atoms with Crippen molar-refractivity contribution in [2.45, 2.75) is 6.42 Å². The number of methoxy groups -OCH3 is 3. The van der Waals surface area contributed by atoms with Crippen LogP contribution in [0.1, 0.15) is 11.3 Å². The van der Waals surface area contributed by atoms with Gasteiger partial charge in [0.05, 0.1) is 27.0 Å². The third kappa shape index (κ3) is 4.19. The number of hydrogen-bond donors (Lipinski definition) is 0. The molecule has 0 aliphatic rings. The molecular weight excluding hydrogens is 400 g/mol. The number of hydrogen-bond acceptors (Lipinski definition) is 5. The van der Waals surface area contributed by atoms with Gasteiger partial charge in [-0.1, -0.05) is 18.2 Å². The molecule has 0 fully saturated rings. The summed E-state index contributed by atoms with van der Waals surface area (Å²) < 4.78 is 16.6. The van der Waals surface area contributed by atoms with Crippen LogP contribution in [0.5, 0.6) is 17.2 Å². The average Bonchev–Trinajstić information content (AvgIpc) is 2.83. The van der Waals surface area contributed by atoms with Crippen LogP contribution in [-0.4, -0.2) is 40.4 Å². The van der Waals surface area contributed by atoms with Crippen LogP contribution in [0.2, 0.25) is 0 Å². The zero-order valence-corrected chi connectivity index (χ0v) is 19.2. The van der Waals surface area contributed by atoms with E-state index in [0.29, 0.717) is 12.2 Å². The quantitative estimate of drug-likeness (QED) is 0.384. The van der Waals surface area contributed by atoms with Crippen molar-refractivity contribution in [2.24, 2.45) is 0 Å². The van der Waals surface area contributed by atoms with Crippen molar-refractivity contribution in [2.75, 3.05) is 40.3 Å². The molecule has 4 aromatic rings. The summed E-state index contributed by atoms with van der Waals surface area (Å²) in [5.41, 5.74) is 5.40. The fourth-order valence-electron chi connectivity index (χ4n) is 3.93. The number of aromatic nitrogens is 1. The second-order valence-electron chi connectivity index (χ2n) is 7.84. The summed E-state index contributed by atoms with van der Waals surface area (Å²) in [6.07, 6.45) is 2.53. The lowest BCUT2D eigenvalue weighted by Gasteiger charge is -2.16. The van der Waals surface area contributed by atoms with Crippen LogP contribution >= 0.6 is 0 Å². The van der Waals surface area contributed by atoms with Gasteiger partial charge in [-0.25, -0.2) is 0 Å². The molecule has 5 heteroatoms. The SMILES string of the molecule is COc1ccc(Cc2nccc3cc(OC)c(-c4cccc(N(C)C)c4)cc23)cc1OC. The first-order chi connectivity index (χ1) is 15.5. The van der Waals surface area contributed by atoms with E-state index in [1.165, 1.54) is 0 Å². The minimum atomic E-state index is 0.682. The monoisotopic (exact) mass is 428 g/mol. The van der Waals surface area contributed by atoms with Crippen molar-refractivity contribution in [1.82, 2.24) is 4.98 Å². The molecule has 32 heavy (non-hydrogen) atoms. The molecule has 1 heterocycles. The molecule has 0 N–H and O–H groups in total. The Morgan fingerprint density at radius 3 is 2.28 bits per heavy atom. The Kier molecular flexibility index (Phi) is 6.17. The zero-order valence-electron chi connectivity index (χ0n) is 19.2. The summed E-state index contributed by atoms with van der Waals surface area (Å²) >= 11 is 0. The molecule has 164 valence electrons. The van der Waals surface area contributed by atoms with E-state index >= 15 is 0 Å². The second kappa shape index (κ2) is 9.18. The lowest BCUT2D eigenvalue weighted by Crippen LogP contribution is -2.08. The molecule has 0 atom stereocenters. The Labute approximate surface area is 189 Å². The first-order valence-electron chi connectivity index (χ1n) is 10.5. The molecule has 0 aliphatic heterocycles. The van der Waals surface area contributed by atoms with Crippen molar-refractivity contribution < 1.29 is 14.2 Å². The highest BCUT2D eigenvalue weighted by atomic mass is 16.5. The fourth-order valence-corrected chi connectivity index (χ4v) is 3.93. The average molecular weight is 429 g/mol. The van der Waals surface area contributed by atoms with Gasteiger partial charge in [-0.05, 0) is 59.0 Å². The van der Waals surface area contributed by atoms with Gasteiger partial charge < -0.3 is 19.1 Å². The first kappa shape index (κ1) is 21.5. The summed E-state index contributed by atoms with van der Waals surface area (Å²) in [6, 6.07) is 20.7. The predicted molar refractivity (Wildman–Crippen MR) is 130 cm³/mol. The molecule has 0 spiro atoms. The van der Waals surface area contributed by atoms with Gasteiger partial charge in [-0.15, -0.1) is 0 Å². The van der Waals surface area contributed by atoms with E-state index in [-0.39, 0.29) is 0 Å². The Balaban J connectivity index is 1.82. The highest BCUT2D eigenvalue weighted by Crippen LogP contribution is 2.37. The van der Waals surface area contributed by atoms with E-state index in [0.717, 1.165) is 50.3 Å². The standard InChI is InChI=1S/C27H28N2O3/c1-29(2)21-8-6-7-19(15-21)23-17-22-20(16-26(23)31-4)11-12-28-24(22)13-18-9-10-25(30-3)27(14-18)32-5/h6-12,14-17H,13H2,1-5H3. The number of rotatable bonds is 7. The normalized spacial score (nSPS) is 10.8. The van der Waals surface area contributed by atoms with Crippen LogP contribution in [0.4, 0.5) is 5.69 Å². The number of benzene rings is 3. The molecule has 0 amide bonds. The lowest BCUT2D eigenvalue weighted by molar-refractivity contribution is 0.354. The molecule has 0 aliphatic carbocycles. The molecule has 1 aromatic heterocycles. The van der Waals surface area contributed by atoms with E-state index in [1.54, 1.807) is 21.3 Å². The topological polar surface area (TPSA) is 43.8 Å². The molecule has 0 saturated carbocycles. The number of fused-ring (bicyclic) bond motifs is 1. The van der Waals surface area contributed by atoms with Gasteiger partial charge in [0, 0.05) is 43.4 Å². The van der Waals surface area contributed by atoms with Gasteiger partial charge in [-0.2, -0.15) is 0 Å². The Bertz CT molecular complexity index is 1250. The smallest absolute Gasteiger partial charge is 0.160 e. The number of nitrogens with zero attached hydrogens (tertiary/aromatic N) is 2. The van der Waals surface area contributed by atoms with Crippen molar-refractivity contribution in [1.29, 1.82) is 0 Å². The van der Waals surface area contributed by atoms with Crippen molar-refractivity contribution in [3.8, 4) is 28.4 Å². The fraction of sp³-hybridized carbons (Fsp3) is 0.222. The maximum Gasteiger partial charge on any atom is 0.160 e. The maximum absolute atomic E-state index is 5.76. The molecule has 4 rings (SSSR count). The van der Waals surface area contributed by atoms with Crippen LogP contribution in [0.3, 0.4) is 0 Å². The van der Waals surface area contributed by atoms with Crippen molar-refractivity contribution in [3.63, 3.8) is 0 Å². The van der Waals surface area contributed by atoms with Crippen LogP contribution in [0, 0.1) is 0 Å². The third-order valence-electron chi connectivity index (χ3n) is 5.66. The molecule has 5 nitrogen and oxygen atoms in total. The van der Waals surface area contributed by atoms with E-state index in [1.807, 2.05) is 44.6 Å². The van der Waals surface area contributed by atoms with Crippen LogP contribution in [0.25, 0.3) is 21.9 Å². The molecule has 0 radical (unpaired) electrons. The van der Waals surface area contributed by atoms with Crippen LogP contribution in [-0.2, 0) is 6.42 Å². The summed E-state index contributed by atoms with van der Waals surface area (Å²) in [5, 5.41) is 2.20. The van der Waals surface area contributed by atoms with Gasteiger partial charge >= 0.3 is 0 Å². The van der Waals surface area contributed by atoms with E-state index in [9.17, 15) is 0 Å². The molecule has 0 bridgehead atoms. The van der Waals surface area contributed by atoms with Gasteiger partial charge in [-0.3, -0.25) is 4.98 Å². The third-order valence-corrected chi connectivity index (χ3v) is 5.66. The maximum atomic E-state index is 5.76. The summed E-state index contributed by atoms with van der Waals surface area (Å²) in [4.78, 5) is 6.81. The van der Waals surface area contributed by atoms with Crippen LogP contribution in [0.15, 0.2) is 66.9 Å². The molecule has 0 saturated heterocycles. The van der Waals surface area contributed by atoms with Gasteiger partial charge in [0.15, 0.2) is 11.5 Å². The largest absolute Gasteiger partial charge is 0.496 e. The van der Waals surface area contributed by atoms with Gasteiger partial charge in [0.1, 0.15) is 5.75 Å². The Morgan fingerprint density at radius 2 is 1.56 bits per heavy atom. The molecular formula is C27H28N2O3.